The van der Waals surface area contributed by atoms with Crippen LogP contribution in [0.4, 0.5) is 0 Å². The fourth-order valence-electron chi connectivity index (χ4n) is 4.22. The highest BCUT2D eigenvalue weighted by atomic mass is 35.5. The molecule has 0 aliphatic heterocycles. The van der Waals surface area contributed by atoms with Gasteiger partial charge in [0.15, 0.2) is 0 Å². The van der Waals surface area contributed by atoms with Crippen molar-refractivity contribution in [3.05, 3.63) is 16.9 Å². The van der Waals surface area contributed by atoms with Crippen LogP contribution in [-0.2, 0) is 7.05 Å². The zero-order valence-electron chi connectivity index (χ0n) is 11.9. The Morgan fingerprint density at radius 1 is 1.47 bits per heavy atom. The molecule has 2 aliphatic rings. The zero-order chi connectivity index (χ0) is 13.4. The number of nitrogens with zero attached hydrogens (tertiary/aromatic N) is 2. The molecule has 19 heavy (non-hydrogen) atoms. The van der Waals surface area contributed by atoms with E-state index >= 15 is 0 Å². The Bertz CT molecular complexity index is 423. The van der Waals surface area contributed by atoms with Gasteiger partial charge in [0.1, 0.15) is 0 Å². The molecule has 1 N–H and O–H groups in total. The van der Waals surface area contributed by atoms with Crippen LogP contribution in [0.25, 0.3) is 0 Å². The predicted octanol–water partition coefficient (Wildman–Crippen LogP) is 3.55. The Labute approximate surface area is 120 Å². The summed E-state index contributed by atoms with van der Waals surface area (Å²) in [6.07, 6.45) is 8.60. The number of rotatable bonds is 5. The minimum Gasteiger partial charge on any atom is -0.308 e. The zero-order valence-corrected chi connectivity index (χ0v) is 12.7. The largest absolute Gasteiger partial charge is 0.308 e. The van der Waals surface area contributed by atoms with Crippen LogP contribution in [0.2, 0.25) is 5.02 Å². The molecule has 2 saturated carbocycles. The van der Waals surface area contributed by atoms with E-state index in [-0.39, 0.29) is 0 Å². The molecule has 2 aliphatic carbocycles. The van der Waals surface area contributed by atoms with Crippen molar-refractivity contribution in [3.63, 3.8) is 0 Å². The molecule has 0 radical (unpaired) electrons. The van der Waals surface area contributed by atoms with Gasteiger partial charge in [-0.25, -0.2) is 0 Å². The van der Waals surface area contributed by atoms with Crippen molar-refractivity contribution in [2.24, 2.45) is 24.8 Å². The fraction of sp³-hybridized carbons (Fsp3) is 0.800. The average molecular weight is 282 g/mol. The van der Waals surface area contributed by atoms with E-state index in [0.29, 0.717) is 6.04 Å². The second-order valence-electron chi connectivity index (χ2n) is 6.27. The van der Waals surface area contributed by atoms with Crippen molar-refractivity contribution in [2.75, 3.05) is 6.54 Å². The van der Waals surface area contributed by atoms with Crippen LogP contribution in [0.5, 0.6) is 0 Å². The van der Waals surface area contributed by atoms with Gasteiger partial charge in [-0.05, 0) is 50.0 Å². The topological polar surface area (TPSA) is 29.9 Å². The maximum Gasteiger partial charge on any atom is 0.0834 e. The van der Waals surface area contributed by atoms with Gasteiger partial charge < -0.3 is 5.32 Å². The Morgan fingerprint density at radius 3 is 2.84 bits per heavy atom. The summed E-state index contributed by atoms with van der Waals surface area (Å²) >= 11 is 6.38. The van der Waals surface area contributed by atoms with E-state index in [1.807, 2.05) is 11.7 Å². The van der Waals surface area contributed by atoms with Crippen molar-refractivity contribution in [1.82, 2.24) is 15.1 Å². The van der Waals surface area contributed by atoms with Gasteiger partial charge in [-0.2, -0.15) is 5.10 Å². The SMILES string of the molecule is CCCNC(c1c(Cl)cnn1C)C1CC2CCC1C2. The van der Waals surface area contributed by atoms with E-state index in [1.165, 1.54) is 31.4 Å². The highest BCUT2D eigenvalue weighted by molar-refractivity contribution is 6.31. The van der Waals surface area contributed by atoms with Crippen molar-refractivity contribution in [2.45, 2.75) is 45.1 Å². The van der Waals surface area contributed by atoms with Crippen LogP contribution in [0.15, 0.2) is 6.20 Å². The molecule has 4 atom stereocenters. The number of hydrogen-bond donors (Lipinski definition) is 1. The van der Waals surface area contributed by atoms with E-state index in [4.69, 9.17) is 11.6 Å². The predicted molar refractivity (Wildman–Crippen MR) is 78.2 cm³/mol. The van der Waals surface area contributed by atoms with Crippen molar-refractivity contribution in [1.29, 1.82) is 0 Å². The first kappa shape index (κ1) is 13.4. The van der Waals surface area contributed by atoms with E-state index in [0.717, 1.165) is 35.7 Å². The second-order valence-corrected chi connectivity index (χ2v) is 6.68. The molecule has 0 spiro atoms. The fourth-order valence-corrected chi connectivity index (χ4v) is 4.51. The Balaban J connectivity index is 1.85. The molecule has 0 aromatic carbocycles. The molecule has 2 bridgehead atoms. The molecular formula is C15H24ClN3. The molecule has 4 heteroatoms. The molecule has 0 amide bonds. The van der Waals surface area contributed by atoms with Crippen molar-refractivity contribution < 1.29 is 0 Å². The third-order valence-electron chi connectivity index (χ3n) is 5.07. The van der Waals surface area contributed by atoms with Crippen LogP contribution in [-0.4, -0.2) is 16.3 Å². The van der Waals surface area contributed by atoms with Crippen molar-refractivity contribution in [3.8, 4) is 0 Å². The smallest absolute Gasteiger partial charge is 0.0834 e. The van der Waals surface area contributed by atoms with E-state index in [9.17, 15) is 0 Å². The van der Waals surface area contributed by atoms with E-state index < -0.39 is 0 Å². The number of nitrogens with one attached hydrogen (secondary N) is 1. The maximum absolute atomic E-state index is 6.38. The summed E-state index contributed by atoms with van der Waals surface area (Å²) < 4.78 is 1.96. The molecule has 106 valence electrons. The Kier molecular flexibility index (Phi) is 3.86. The summed E-state index contributed by atoms with van der Waals surface area (Å²) in [6.45, 7) is 3.27. The molecule has 1 heterocycles. The Hall–Kier alpha value is -0.540. The summed E-state index contributed by atoms with van der Waals surface area (Å²) in [5.41, 5.74) is 1.19. The van der Waals surface area contributed by atoms with Gasteiger partial charge >= 0.3 is 0 Å². The lowest BCUT2D eigenvalue weighted by molar-refractivity contribution is 0.243. The summed E-state index contributed by atoms with van der Waals surface area (Å²) in [4.78, 5) is 0. The molecule has 3 nitrogen and oxygen atoms in total. The normalized spacial score (nSPS) is 31.0. The average Bonchev–Trinajstić information content (AvgIpc) is 3.09. The number of aryl methyl sites for hydroxylation is 1. The lowest BCUT2D eigenvalue weighted by Gasteiger charge is -2.31. The monoisotopic (exact) mass is 281 g/mol. The minimum absolute atomic E-state index is 0.384. The van der Waals surface area contributed by atoms with E-state index in [1.54, 1.807) is 6.20 Å². The van der Waals surface area contributed by atoms with E-state index in [2.05, 4.69) is 17.3 Å². The summed E-state index contributed by atoms with van der Waals surface area (Å²) in [5, 5.41) is 8.88. The lowest BCUT2D eigenvalue weighted by atomic mass is 9.82. The molecule has 1 aromatic heterocycles. The molecule has 0 saturated heterocycles. The number of fused-ring (bicyclic) bond motifs is 2. The highest BCUT2D eigenvalue weighted by Gasteiger charge is 2.44. The number of halogens is 1. The van der Waals surface area contributed by atoms with Crippen LogP contribution in [0.1, 0.15) is 50.8 Å². The maximum atomic E-state index is 6.38. The van der Waals surface area contributed by atoms with Gasteiger partial charge in [0, 0.05) is 7.05 Å². The van der Waals surface area contributed by atoms with Gasteiger partial charge in [-0.1, -0.05) is 24.9 Å². The van der Waals surface area contributed by atoms with Gasteiger partial charge in [-0.3, -0.25) is 4.68 Å². The third kappa shape index (κ3) is 2.43. The minimum atomic E-state index is 0.384. The van der Waals surface area contributed by atoms with Gasteiger partial charge in [0.05, 0.1) is 23.0 Å². The second kappa shape index (κ2) is 5.45. The molecule has 4 unspecified atom stereocenters. The van der Waals surface area contributed by atoms with Gasteiger partial charge in [0.25, 0.3) is 0 Å². The standard InChI is InChI=1S/C15H24ClN3/c1-3-6-17-14(15-13(16)9-18-19(15)2)12-8-10-4-5-11(12)7-10/h9-12,14,17H,3-8H2,1-2H3. The summed E-state index contributed by atoms with van der Waals surface area (Å²) in [7, 11) is 2.01. The summed E-state index contributed by atoms with van der Waals surface area (Å²) in [6, 6.07) is 0.384. The molecule has 2 fully saturated rings. The first-order valence-corrected chi connectivity index (χ1v) is 7.99. The third-order valence-corrected chi connectivity index (χ3v) is 5.36. The molecular weight excluding hydrogens is 258 g/mol. The van der Waals surface area contributed by atoms with Crippen LogP contribution in [0.3, 0.4) is 0 Å². The van der Waals surface area contributed by atoms with Crippen molar-refractivity contribution >= 4 is 11.6 Å². The quantitative estimate of drug-likeness (QED) is 0.894. The lowest BCUT2D eigenvalue weighted by Crippen LogP contribution is -2.33. The van der Waals surface area contributed by atoms with Gasteiger partial charge in [-0.15, -0.1) is 0 Å². The highest BCUT2D eigenvalue weighted by Crippen LogP contribution is 2.53. The summed E-state index contributed by atoms with van der Waals surface area (Å²) in [5.74, 6) is 2.61. The molecule has 1 aromatic rings. The number of hydrogen-bond acceptors (Lipinski definition) is 2. The first-order chi connectivity index (χ1) is 9.20. The van der Waals surface area contributed by atoms with Crippen LogP contribution < -0.4 is 5.32 Å². The van der Waals surface area contributed by atoms with Gasteiger partial charge in [0.2, 0.25) is 0 Å². The molecule has 3 rings (SSSR count). The van der Waals surface area contributed by atoms with Crippen LogP contribution >= 0.6 is 11.6 Å². The first-order valence-electron chi connectivity index (χ1n) is 7.61. The van der Waals surface area contributed by atoms with Crippen LogP contribution in [0, 0.1) is 17.8 Å². The Morgan fingerprint density at radius 2 is 2.32 bits per heavy atom. The number of aromatic nitrogens is 2.